The van der Waals surface area contributed by atoms with Crippen molar-refractivity contribution >= 4 is 22.6 Å². The third-order valence-electron chi connectivity index (χ3n) is 4.73. The zero-order valence-electron chi connectivity index (χ0n) is 16.1. The van der Waals surface area contributed by atoms with Gasteiger partial charge in [0.15, 0.2) is 0 Å². The van der Waals surface area contributed by atoms with Crippen molar-refractivity contribution < 1.29 is 18.0 Å². The lowest BCUT2D eigenvalue weighted by atomic mass is 9.95. The maximum Gasteiger partial charge on any atom is 0.418 e. The molecule has 1 saturated heterocycles. The minimum Gasteiger partial charge on any atom is -0.367 e. The molecule has 0 unspecified atom stereocenters. The van der Waals surface area contributed by atoms with Crippen LogP contribution in [0.1, 0.15) is 18.9 Å². The number of carbonyl (C=O) groups is 1. The van der Waals surface area contributed by atoms with E-state index in [1.165, 1.54) is 18.5 Å². The summed E-state index contributed by atoms with van der Waals surface area (Å²) in [4.78, 5) is 24.0. The van der Waals surface area contributed by atoms with Crippen molar-refractivity contribution in [1.29, 1.82) is 0 Å². The summed E-state index contributed by atoms with van der Waals surface area (Å²) in [6.45, 7) is 3.55. The molecule has 0 spiro atoms. The van der Waals surface area contributed by atoms with E-state index in [1.807, 2.05) is 19.0 Å². The topological polar surface area (TPSA) is 61.4 Å². The summed E-state index contributed by atoms with van der Waals surface area (Å²) in [6.07, 6.45) is -1.01. The molecule has 0 radical (unpaired) electrons. The third-order valence-corrected chi connectivity index (χ3v) is 4.73. The van der Waals surface area contributed by atoms with Crippen molar-refractivity contribution in [1.82, 2.24) is 20.2 Å². The Hall–Kier alpha value is -2.42. The van der Waals surface area contributed by atoms with E-state index in [0.717, 1.165) is 12.5 Å². The Balaban J connectivity index is 1.90. The number of hydrogen-bond acceptors (Lipinski definition) is 5. The minimum atomic E-state index is -4.50. The fourth-order valence-electron chi connectivity index (χ4n) is 3.74. The van der Waals surface area contributed by atoms with Crippen molar-refractivity contribution in [2.45, 2.75) is 25.6 Å². The molecule has 1 aromatic carbocycles. The van der Waals surface area contributed by atoms with Crippen LogP contribution in [0, 0.1) is 5.92 Å². The molecule has 1 N–H and O–H groups in total. The smallest absolute Gasteiger partial charge is 0.367 e. The summed E-state index contributed by atoms with van der Waals surface area (Å²) < 4.78 is 40.0. The summed E-state index contributed by atoms with van der Waals surface area (Å²) >= 11 is 0. The number of benzene rings is 1. The molecule has 6 nitrogen and oxygen atoms in total. The number of likely N-dealkylation sites (N-methyl/N-ethyl adjacent to an activating group) is 1. The van der Waals surface area contributed by atoms with Crippen LogP contribution in [0.3, 0.4) is 0 Å². The number of rotatable bonds is 4. The van der Waals surface area contributed by atoms with Crippen LogP contribution < -0.4 is 10.2 Å². The van der Waals surface area contributed by atoms with Gasteiger partial charge in [0, 0.05) is 31.5 Å². The highest BCUT2D eigenvalue weighted by Gasteiger charge is 2.35. The fourth-order valence-corrected chi connectivity index (χ4v) is 3.74. The molecule has 2 heterocycles. The minimum absolute atomic E-state index is 0.0684. The number of piperidine rings is 1. The van der Waals surface area contributed by atoms with Gasteiger partial charge in [-0.05, 0) is 38.6 Å². The molecule has 0 saturated carbocycles. The van der Waals surface area contributed by atoms with E-state index in [-0.39, 0.29) is 28.9 Å². The van der Waals surface area contributed by atoms with Crippen molar-refractivity contribution in [3.05, 3.63) is 30.1 Å². The molecule has 1 fully saturated rings. The molecule has 2 atom stereocenters. The van der Waals surface area contributed by atoms with Crippen LogP contribution in [0.25, 0.3) is 11.0 Å². The number of alkyl halides is 3. The number of amides is 1. The lowest BCUT2D eigenvalue weighted by molar-refractivity contribution is -0.136. The largest absolute Gasteiger partial charge is 0.418 e. The summed E-state index contributed by atoms with van der Waals surface area (Å²) in [6, 6.07) is 2.44. The lowest BCUT2D eigenvalue weighted by Gasteiger charge is -2.38. The van der Waals surface area contributed by atoms with Crippen molar-refractivity contribution in [3.63, 3.8) is 0 Å². The molecule has 0 aliphatic carbocycles. The lowest BCUT2D eigenvalue weighted by Crippen LogP contribution is -2.52. The van der Waals surface area contributed by atoms with Gasteiger partial charge in [0.2, 0.25) is 5.91 Å². The number of nitrogens with zero attached hydrogens (tertiary/aromatic N) is 4. The van der Waals surface area contributed by atoms with Crippen molar-refractivity contribution in [2.24, 2.45) is 5.92 Å². The van der Waals surface area contributed by atoms with E-state index < -0.39 is 11.7 Å². The Morgan fingerprint density at radius 1 is 1.21 bits per heavy atom. The molecule has 2 aromatic rings. The molecule has 1 amide bonds. The quantitative estimate of drug-likeness (QED) is 0.862. The normalized spacial score (nSPS) is 20.6. The Morgan fingerprint density at radius 2 is 1.89 bits per heavy atom. The summed E-state index contributed by atoms with van der Waals surface area (Å²) in [5, 5.41) is 3.03. The highest BCUT2D eigenvalue weighted by Crippen LogP contribution is 2.37. The average molecular weight is 395 g/mol. The predicted molar refractivity (Wildman–Crippen MR) is 101 cm³/mol. The summed E-state index contributed by atoms with van der Waals surface area (Å²) in [5.41, 5.74) is -0.113. The molecule has 0 bridgehead atoms. The molecule has 152 valence electrons. The summed E-state index contributed by atoms with van der Waals surface area (Å²) in [7, 11) is 3.64. The summed E-state index contributed by atoms with van der Waals surface area (Å²) in [5.74, 6) is 0.202. The molecule has 1 aliphatic rings. The predicted octanol–water partition coefficient (Wildman–Crippen LogP) is 2.54. The first-order valence-electron chi connectivity index (χ1n) is 9.15. The van der Waals surface area contributed by atoms with Gasteiger partial charge in [-0.25, -0.2) is 0 Å². The van der Waals surface area contributed by atoms with Gasteiger partial charge in [0.1, 0.15) is 11.0 Å². The van der Waals surface area contributed by atoms with E-state index >= 15 is 0 Å². The Morgan fingerprint density at radius 3 is 2.54 bits per heavy atom. The molecule has 1 aromatic heterocycles. The van der Waals surface area contributed by atoms with Crippen LogP contribution in [0.5, 0.6) is 0 Å². The zero-order valence-corrected chi connectivity index (χ0v) is 16.1. The monoisotopic (exact) mass is 395 g/mol. The van der Waals surface area contributed by atoms with Gasteiger partial charge in [0.05, 0.1) is 17.8 Å². The number of fused-ring (bicyclic) bond motifs is 1. The molecule has 28 heavy (non-hydrogen) atoms. The Bertz CT molecular complexity index is 855. The van der Waals surface area contributed by atoms with Gasteiger partial charge in [-0.3, -0.25) is 14.8 Å². The second-order valence-electron chi connectivity index (χ2n) is 7.63. The highest BCUT2D eigenvalue weighted by molar-refractivity contribution is 5.91. The number of halogens is 3. The number of nitrogens with one attached hydrogen (secondary N) is 1. The van der Waals surface area contributed by atoms with Crippen LogP contribution in [0.4, 0.5) is 18.9 Å². The Labute approximate surface area is 161 Å². The molecular weight excluding hydrogens is 371 g/mol. The van der Waals surface area contributed by atoms with Gasteiger partial charge in [-0.2, -0.15) is 13.2 Å². The van der Waals surface area contributed by atoms with E-state index in [4.69, 9.17) is 0 Å². The maximum absolute atomic E-state index is 13.3. The number of anilines is 1. The standard InChI is InChI=1S/C19H24F3N5O/c1-12-8-13(25-16(28)11-26(2)3)10-27(9-12)15-5-4-14(19(20,21)22)17-18(15)24-7-6-23-17/h4-7,12-13H,8-11H2,1-3H3,(H,25,28)/t12-,13+/m0/s1. The van der Waals surface area contributed by atoms with E-state index in [1.54, 1.807) is 4.90 Å². The fraction of sp³-hybridized carbons (Fsp3) is 0.526. The Kier molecular flexibility index (Phi) is 5.74. The van der Waals surface area contributed by atoms with Crippen LogP contribution >= 0.6 is 0 Å². The van der Waals surface area contributed by atoms with E-state index in [2.05, 4.69) is 22.2 Å². The maximum atomic E-state index is 13.3. The SMILES string of the molecule is C[C@H]1C[C@@H](NC(=O)CN(C)C)CN(c2ccc(C(F)(F)F)c3nccnc23)C1. The van der Waals surface area contributed by atoms with Crippen molar-refractivity contribution in [3.8, 4) is 0 Å². The van der Waals surface area contributed by atoms with Gasteiger partial charge in [-0.1, -0.05) is 6.92 Å². The van der Waals surface area contributed by atoms with Crippen LogP contribution in [-0.4, -0.2) is 60.5 Å². The van der Waals surface area contributed by atoms with E-state index in [0.29, 0.717) is 25.3 Å². The van der Waals surface area contributed by atoms with Gasteiger partial charge in [-0.15, -0.1) is 0 Å². The van der Waals surface area contributed by atoms with Gasteiger partial charge < -0.3 is 15.1 Å². The van der Waals surface area contributed by atoms with Gasteiger partial charge >= 0.3 is 6.18 Å². The first kappa shape index (κ1) is 20.3. The molecule has 1 aliphatic heterocycles. The molecular formula is C19H24F3N5O. The first-order valence-corrected chi connectivity index (χ1v) is 9.15. The average Bonchev–Trinajstić information content (AvgIpc) is 2.58. The first-order chi connectivity index (χ1) is 13.1. The zero-order chi connectivity index (χ0) is 20.5. The number of aromatic nitrogens is 2. The van der Waals surface area contributed by atoms with Crippen LogP contribution in [0.15, 0.2) is 24.5 Å². The third kappa shape index (κ3) is 4.52. The second kappa shape index (κ2) is 7.90. The molecule has 9 heteroatoms. The van der Waals surface area contributed by atoms with Gasteiger partial charge in [0.25, 0.3) is 0 Å². The van der Waals surface area contributed by atoms with Crippen molar-refractivity contribution in [2.75, 3.05) is 38.6 Å². The number of hydrogen-bond donors (Lipinski definition) is 1. The molecule has 3 rings (SSSR count). The number of carbonyl (C=O) groups excluding carboxylic acids is 1. The highest BCUT2D eigenvalue weighted by atomic mass is 19.4. The van der Waals surface area contributed by atoms with Crippen LogP contribution in [0.2, 0.25) is 0 Å². The van der Waals surface area contributed by atoms with Crippen LogP contribution in [-0.2, 0) is 11.0 Å². The van der Waals surface area contributed by atoms with E-state index in [9.17, 15) is 18.0 Å². The second-order valence-corrected chi connectivity index (χ2v) is 7.63.